The van der Waals surface area contributed by atoms with Gasteiger partial charge in [-0.1, -0.05) is 0 Å². The van der Waals surface area contributed by atoms with Gasteiger partial charge in [0.25, 0.3) is 5.91 Å². The summed E-state index contributed by atoms with van der Waals surface area (Å²) in [5, 5.41) is 6.61. The number of aromatic nitrogens is 3. The Bertz CT molecular complexity index is 578. The first-order valence-electron chi connectivity index (χ1n) is 5.82. The Morgan fingerprint density at radius 1 is 1.38 bits per heavy atom. The van der Waals surface area contributed by atoms with Crippen molar-refractivity contribution in [2.75, 3.05) is 6.54 Å². The van der Waals surface area contributed by atoms with Crippen molar-refractivity contribution in [2.45, 2.75) is 13.1 Å². The fourth-order valence-electron chi connectivity index (χ4n) is 1.54. The average molecular weight is 336 g/mol. The first kappa shape index (κ1) is 19.3. The van der Waals surface area contributed by atoms with E-state index in [-0.39, 0.29) is 48.7 Å². The SMILES string of the molecule is Cl.Cl.NCCn1ccc(C(=O)NCc2ncccc2F)n1. The molecule has 21 heavy (non-hydrogen) atoms. The molecule has 1 amide bonds. The summed E-state index contributed by atoms with van der Waals surface area (Å²) in [5.74, 6) is -0.822. The van der Waals surface area contributed by atoms with Crippen molar-refractivity contribution in [3.63, 3.8) is 0 Å². The second kappa shape index (κ2) is 9.28. The summed E-state index contributed by atoms with van der Waals surface area (Å²) in [6, 6.07) is 4.37. The number of rotatable bonds is 5. The van der Waals surface area contributed by atoms with Crippen LogP contribution in [0.2, 0.25) is 0 Å². The predicted octanol–water partition coefficient (Wildman–Crippen LogP) is 1.15. The van der Waals surface area contributed by atoms with Crippen LogP contribution in [0.5, 0.6) is 0 Å². The molecule has 0 aliphatic heterocycles. The van der Waals surface area contributed by atoms with Gasteiger partial charge in [-0.15, -0.1) is 24.8 Å². The van der Waals surface area contributed by atoms with Crippen LogP contribution in [0.15, 0.2) is 30.6 Å². The molecule has 3 N–H and O–H groups in total. The van der Waals surface area contributed by atoms with Crippen LogP contribution in [-0.4, -0.2) is 27.2 Å². The lowest BCUT2D eigenvalue weighted by Crippen LogP contribution is -2.24. The van der Waals surface area contributed by atoms with Crippen LogP contribution < -0.4 is 11.1 Å². The minimum Gasteiger partial charge on any atom is -0.345 e. The molecule has 0 aliphatic rings. The number of hydrogen-bond donors (Lipinski definition) is 2. The molecule has 0 spiro atoms. The third kappa shape index (κ3) is 5.30. The third-order valence-electron chi connectivity index (χ3n) is 2.48. The van der Waals surface area contributed by atoms with Crippen LogP contribution in [0.25, 0.3) is 0 Å². The Hall–Kier alpha value is -1.70. The van der Waals surface area contributed by atoms with Gasteiger partial charge in [0.2, 0.25) is 0 Å². The number of carbonyl (C=O) groups is 1. The van der Waals surface area contributed by atoms with E-state index >= 15 is 0 Å². The van der Waals surface area contributed by atoms with Crippen LogP contribution in [0.3, 0.4) is 0 Å². The number of nitrogens with two attached hydrogens (primary N) is 1. The van der Waals surface area contributed by atoms with Crippen molar-refractivity contribution in [3.8, 4) is 0 Å². The summed E-state index contributed by atoms with van der Waals surface area (Å²) in [5.41, 5.74) is 5.85. The van der Waals surface area contributed by atoms with Gasteiger partial charge in [-0.2, -0.15) is 5.10 Å². The zero-order chi connectivity index (χ0) is 13.7. The molecule has 6 nitrogen and oxygen atoms in total. The Balaban J connectivity index is 0.00000200. The van der Waals surface area contributed by atoms with Crippen LogP contribution in [0, 0.1) is 5.82 Å². The van der Waals surface area contributed by atoms with Crippen molar-refractivity contribution in [1.82, 2.24) is 20.1 Å². The van der Waals surface area contributed by atoms with Gasteiger partial charge in [-0.05, 0) is 18.2 Å². The number of pyridine rings is 1. The van der Waals surface area contributed by atoms with E-state index in [1.54, 1.807) is 16.9 Å². The Morgan fingerprint density at radius 3 is 2.81 bits per heavy atom. The molecule has 2 heterocycles. The number of nitrogens with one attached hydrogen (secondary N) is 1. The molecule has 0 saturated carbocycles. The number of amides is 1. The highest BCUT2D eigenvalue weighted by molar-refractivity contribution is 5.92. The molecule has 0 aliphatic carbocycles. The molecule has 0 radical (unpaired) electrons. The summed E-state index contributed by atoms with van der Waals surface area (Å²) in [7, 11) is 0. The van der Waals surface area contributed by atoms with E-state index in [1.807, 2.05) is 0 Å². The van der Waals surface area contributed by atoms with E-state index < -0.39 is 5.82 Å². The standard InChI is InChI=1S/C12H14FN5O.2ClH/c13-9-2-1-5-15-11(9)8-16-12(19)10-3-6-18(17-10)7-4-14;;/h1-3,5-6H,4,7-8,14H2,(H,16,19);2*1H. The molecular weight excluding hydrogens is 320 g/mol. The van der Waals surface area contributed by atoms with Crippen LogP contribution in [-0.2, 0) is 13.1 Å². The van der Waals surface area contributed by atoms with E-state index in [1.165, 1.54) is 18.3 Å². The first-order valence-corrected chi connectivity index (χ1v) is 5.82. The fraction of sp³-hybridized carbons (Fsp3) is 0.250. The fourth-order valence-corrected chi connectivity index (χ4v) is 1.54. The third-order valence-corrected chi connectivity index (χ3v) is 2.48. The van der Waals surface area contributed by atoms with Gasteiger partial charge >= 0.3 is 0 Å². The summed E-state index contributed by atoms with van der Waals surface area (Å²) in [4.78, 5) is 15.6. The van der Waals surface area contributed by atoms with Gasteiger partial charge in [0.1, 0.15) is 11.5 Å². The molecule has 2 aromatic heterocycles. The zero-order valence-electron chi connectivity index (χ0n) is 11.0. The van der Waals surface area contributed by atoms with Crippen molar-refractivity contribution in [1.29, 1.82) is 0 Å². The van der Waals surface area contributed by atoms with Gasteiger partial charge in [0, 0.05) is 18.9 Å². The molecule has 116 valence electrons. The summed E-state index contributed by atoms with van der Waals surface area (Å²) in [6.07, 6.45) is 3.14. The molecule has 0 bridgehead atoms. The van der Waals surface area contributed by atoms with Crippen molar-refractivity contribution in [2.24, 2.45) is 5.73 Å². The smallest absolute Gasteiger partial charge is 0.272 e. The maximum atomic E-state index is 13.3. The number of carbonyl (C=O) groups excluding carboxylic acids is 1. The summed E-state index contributed by atoms with van der Waals surface area (Å²) < 4.78 is 14.9. The molecule has 0 saturated heterocycles. The molecule has 0 fully saturated rings. The Morgan fingerprint density at radius 2 is 2.14 bits per heavy atom. The quantitative estimate of drug-likeness (QED) is 0.858. The molecule has 2 aromatic rings. The molecule has 0 unspecified atom stereocenters. The molecule has 0 aromatic carbocycles. The minimum absolute atomic E-state index is 0. The largest absolute Gasteiger partial charge is 0.345 e. The molecular formula is C12H16Cl2FN5O. The van der Waals surface area contributed by atoms with Crippen LogP contribution in [0.4, 0.5) is 4.39 Å². The highest BCUT2D eigenvalue weighted by Crippen LogP contribution is 2.02. The van der Waals surface area contributed by atoms with Crippen LogP contribution >= 0.6 is 24.8 Å². The van der Waals surface area contributed by atoms with Gasteiger partial charge in [0.05, 0.1) is 18.8 Å². The monoisotopic (exact) mass is 335 g/mol. The van der Waals surface area contributed by atoms with Gasteiger partial charge in [-0.25, -0.2) is 4.39 Å². The maximum absolute atomic E-state index is 13.3. The maximum Gasteiger partial charge on any atom is 0.272 e. The van der Waals surface area contributed by atoms with Crippen molar-refractivity contribution >= 4 is 30.7 Å². The second-order valence-corrected chi connectivity index (χ2v) is 3.87. The molecule has 9 heteroatoms. The highest BCUT2D eigenvalue weighted by Gasteiger charge is 2.10. The van der Waals surface area contributed by atoms with E-state index in [9.17, 15) is 9.18 Å². The van der Waals surface area contributed by atoms with Crippen LogP contribution in [0.1, 0.15) is 16.2 Å². The number of nitrogens with zero attached hydrogens (tertiary/aromatic N) is 3. The van der Waals surface area contributed by atoms with Crippen molar-refractivity contribution in [3.05, 3.63) is 47.8 Å². The first-order chi connectivity index (χ1) is 9.20. The van der Waals surface area contributed by atoms with E-state index in [4.69, 9.17) is 5.73 Å². The lowest BCUT2D eigenvalue weighted by molar-refractivity contribution is 0.0944. The van der Waals surface area contributed by atoms with Gasteiger partial charge < -0.3 is 11.1 Å². The lowest BCUT2D eigenvalue weighted by atomic mass is 10.3. The lowest BCUT2D eigenvalue weighted by Gasteiger charge is -2.03. The van der Waals surface area contributed by atoms with E-state index in [0.717, 1.165) is 0 Å². The van der Waals surface area contributed by atoms with Gasteiger partial charge in [0.15, 0.2) is 0 Å². The molecule has 2 rings (SSSR count). The zero-order valence-corrected chi connectivity index (χ0v) is 12.7. The minimum atomic E-state index is -0.448. The Kier molecular flexibility index (Phi) is 8.52. The van der Waals surface area contributed by atoms with E-state index in [2.05, 4.69) is 15.4 Å². The molecule has 0 atom stereocenters. The predicted molar refractivity (Wildman–Crippen MR) is 81.1 cm³/mol. The normalized spacial score (nSPS) is 9.43. The van der Waals surface area contributed by atoms with Crippen molar-refractivity contribution < 1.29 is 9.18 Å². The second-order valence-electron chi connectivity index (χ2n) is 3.87. The summed E-state index contributed by atoms with van der Waals surface area (Å²) in [6.45, 7) is 1.01. The highest BCUT2D eigenvalue weighted by atomic mass is 35.5. The average Bonchev–Trinajstić information content (AvgIpc) is 2.87. The topological polar surface area (TPSA) is 85.8 Å². The van der Waals surface area contributed by atoms with E-state index in [0.29, 0.717) is 13.1 Å². The number of hydrogen-bond acceptors (Lipinski definition) is 4. The number of halogens is 3. The Labute approximate surface area is 133 Å². The van der Waals surface area contributed by atoms with Gasteiger partial charge in [-0.3, -0.25) is 14.5 Å². The summed E-state index contributed by atoms with van der Waals surface area (Å²) >= 11 is 0.